The van der Waals surface area contributed by atoms with E-state index >= 15 is 0 Å². The number of benzene rings is 2. The zero-order valence-corrected chi connectivity index (χ0v) is 15.2. The number of nitrogens with zero attached hydrogens (tertiary/aromatic N) is 1. The predicted octanol–water partition coefficient (Wildman–Crippen LogP) is 2.85. The lowest BCUT2D eigenvalue weighted by Crippen LogP contribution is -2.39. The number of rotatable bonds is 5. The molecular weight excluding hydrogens is 328 g/mol. The Balaban J connectivity index is 1.56. The quantitative estimate of drug-likeness (QED) is 0.841. The summed E-state index contributed by atoms with van der Waals surface area (Å²) in [5.74, 6) is -0.366. The number of esters is 1. The normalized spacial score (nSPS) is 13.1. The van der Waals surface area contributed by atoms with Gasteiger partial charge in [0.2, 0.25) is 5.91 Å². The number of anilines is 1. The molecule has 3 rings (SSSR count). The van der Waals surface area contributed by atoms with E-state index in [0.717, 1.165) is 24.9 Å². The first-order chi connectivity index (χ1) is 12.6. The molecular formula is C21H24N2O3. The van der Waals surface area contributed by atoms with E-state index in [-0.39, 0.29) is 11.9 Å². The number of carbonyl (C=O) groups excluding carboxylic acids is 2. The monoisotopic (exact) mass is 352 g/mol. The Morgan fingerprint density at radius 2 is 1.92 bits per heavy atom. The number of hydrogen-bond donors (Lipinski definition) is 1. The zero-order valence-electron chi connectivity index (χ0n) is 15.2. The largest absolute Gasteiger partial charge is 0.465 e. The van der Waals surface area contributed by atoms with E-state index < -0.39 is 0 Å². The highest BCUT2D eigenvalue weighted by atomic mass is 16.5. The second kappa shape index (κ2) is 8.04. The van der Waals surface area contributed by atoms with Gasteiger partial charge in [-0.3, -0.25) is 4.79 Å². The lowest BCUT2D eigenvalue weighted by molar-refractivity contribution is -0.119. The van der Waals surface area contributed by atoms with Gasteiger partial charge in [-0.1, -0.05) is 29.8 Å². The Kier molecular flexibility index (Phi) is 5.56. The van der Waals surface area contributed by atoms with Gasteiger partial charge in [-0.15, -0.1) is 0 Å². The summed E-state index contributed by atoms with van der Waals surface area (Å²) in [5, 5.41) is 2.95. The Morgan fingerprint density at radius 3 is 2.65 bits per heavy atom. The summed E-state index contributed by atoms with van der Waals surface area (Å²) in [6.07, 6.45) is 2.14. The second-order valence-electron chi connectivity index (χ2n) is 6.62. The maximum absolute atomic E-state index is 12.4. The first kappa shape index (κ1) is 18.0. The van der Waals surface area contributed by atoms with Crippen molar-refractivity contribution in [3.63, 3.8) is 0 Å². The average Bonchev–Trinajstić information content (AvgIpc) is 2.66. The van der Waals surface area contributed by atoms with E-state index in [4.69, 9.17) is 0 Å². The number of carbonyl (C=O) groups is 2. The Bertz CT molecular complexity index is 799. The number of fused-ring (bicyclic) bond motifs is 1. The lowest BCUT2D eigenvalue weighted by Gasteiger charge is -2.31. The molecule has 5 nitrogen and oxygen atoms in total. The topological polar surface area (TPSA) is 58.6 Å². The summed E-state index contributed by atoms with van der Waals surface area (Å²) in [4.78, 5) is 25.9. The van der Waals surface area contributed by atoms with Crippen LogP contribution in [0.3, 0.4) is 0 Å². The van der Waals surface area contributed by atoms with E-state index in [1.807, 2.05) is 12.1 Å². The highest BCUT2D eigenvalue weighted by Crippen LogP contribution is 2.27. The number of ether oxygens (including phenoxy) is 1. The first-order valence-electron chi connectivity index (χ1n) is 8.85. The SMILES string of the molecule is COC(=O)c1ccc(CNC(=O)CN2CCCc3cc(C)ccc32)cc1. The van der Waals surface area contributed by atoms with Crippen LogP contribution in [0.5, 0.6) is 0 Å². The Morgan fingerprint density at radius 1 is 1.15 bits per heavy atom. The van der Waals surface area contributed by atoms with Crippen molar-refractivity contribution in [1.82, 2.24) is 5.32 Å². The fourth-order valence-electron chi connectivity index (χ4n) is 3.27. The predicted molar refractivity (Wildman–Crippen MR) is 101 cm³/mol. The smallest absolute Gasteiger partial charge is 0.337 e. The van der Waals surface area contributed by atoms with E-state index in [1.165, 1.54) is 23.9 Å². The third-order valence-corrected chi connectivity index (χ3v) is 4.65. The maximum Gasteiger partial charge on any atom is 0.337 e. The van der Waals surface area contributed by atoms with Crippen molar-refractivity contribution in [2.45, 2.75) is 26.3 Å². The molecule has 0 saturated heterocycles. The van der Waals surface area contributed by atoms with Crippen molar-refractivity contribution in [3.8, 4) is 0 Å². The lowest BCUT2D eigenvalue weighted by atomic mass is 9.99. The molecule has 0 spiro atoms. The Labute approximate surface area is 154 Å². The molecule has 0 aromatic heterocycles. The molecule has 0 atom stereocenters. The van der Waals surface area contributed by atoms with E-state index in [9.17, 15) is 9.59 Å². The molecule has 1 aliphatic rings. The molecule has 136 valence electrons. The van der Waals surface area contributed by atoms with Gasteiger partial charge in [0.15, 0.2) is 0 Å². The summed E-state index contributed by atoms with van der Waals surface area (Å²) in [6.45, 7) is 3.79. The van der Waals surface area contributed by atoms with Crippen LogP contribution >= 0.6 is 0 Å². The van der Waals surface area contributed by atoms with Gasteiger partial charge in [-0.05, 0) is 49.1 Å². The molecule has 0 fully saturated rings. The standard InChI is InChI=1S/C21H24N2O3/c1-15-5-10-19-18(12-15)4-3-11-23(19)14-20(24)22-13-16-6-8-17(9-7-16)21(25)26-2/h5-10,12H,3-4,11,13-14H2,1-2H3,(H,22,24). The number of amides is 1. The number of methoxy groups -OCH3 is 1. The molecule has 0 aliphatic carbocycles. The van der Waals surface area contributed by atoms with Crippen LogP contribution in [0, 0.1) is 6.92 Å². The van der Waals surface area contributed by atoms with Gasteiger partial charge in [0.05, 0.1) is 19.2 Å². The molecule has 0 saturated carbocycles. The molecule has 2 aromatic carbocycles. The highest BCUT2D eigenvalue weighted by Gasteiger charge is 2.19. The first-order valence-corrected chi connectivity index (χ1v) is 8.85. The summed E-state index contributed by atoms with van der Waals surface area (Å²) >= 11 is 0. The van der Waals surface area contributed by atoms with Crippen molar-refractivity contribution >= 4 is 17.6 Å². The molecule has 1 amide bonds. The molecule has 0 unspecified atom stereocenters. The van der Waals surface area contributed by atoms with Gasteiger partial charge in [0, 0.05) is 18.8 Å². The number of aryl methyl sites for hydroxylation is 2. The van der Waals surface area contributed by atoms with E-state index in [1.54, 1.807) is 12.1 Å². The van der Waals surface area contributed by atoms with Crippen molar-refractivity contribution in [3.05, 3.63) is 64.7 Å². The van der Waals surface area contributed by atoms with Gasteiger partial charge >= 0.3 is 5.97 Å². The van der Waals surface area contributed by atoms with Gasteiger partial charge in [0.25, 0.3) is 0 Å². The zero-order chi connectivity index (χ0) is 18.5. The summed E-state index contributed by atoms with van der Waals surface area (Å²) < 4.78 is 4.68. The van der Waals surface area contributed by atoms with Crippen LogP contribution in [0.4, 0.5) is 5.69 Å². The van der Waals surface area contributed by atoms with Crippen LogP contribution in [-0.4, -0.2) is 32.1 Å². The van der Waals surface area contributed by atoms with Crippen molar-refractivity contribution in [2.75, 3.05) is 25.1 Å². The van der Waals surface area contributed by atoms with Crippen LogP contribution in [-0.2, 0) is 22.5 Å². The van der Waals surface area contributed by atoms with Crippen LogP contribution < -0.4 is 10.2 Å². The van der Waals surface area contributed by atoms with Crippen molar-refractivity contribution in [2.24, 2.45) is 0 Å². The summed E-state index contributed by atoms with van der Waals surface area (Å²) in [6, 6.07) is 13.5. The van der Waals surface area contributed by atoms with Gasteiger partial charge < -0.3 is 15.0 Å². The van der Waals surface area contributed by atoms with Crippen LogP contribution in [0.2, 0.25) is 0 Å². The van der Waals surface area contributed by atoms with Crippen LogP contribution in [0.15, 0.2) is 42.5 Å². The third-order valence-electron chi connectivity index (χ3n) is 4.65. The van der Waals surface area contributed by atoms with Crippen molar-refractivity contribution < 1.29 is 14.3 Å². The maximum atomic E-state index is 12.4. The fourth-order valence-corrected chi connectivity index (χ4v) is 3.27. The Hall–Kier alpha value is -2.82. The van der Waals surface area contributed by atoms with Crippen LogP contribution in [0.1, 0.15) is 33.5 Å². The second-order valence-corrected chi connectivity index (χ2v) is 6.62. The summed E-state index contributed by atoms with van der Waals surface area (Å²) in [7, 11) is 1.36. The average molecular weight is 352 g/mol. The minimum atomic E-state index is -0.361. The molecule has 1 N–H and O–H groups in total. The van der Waals surface area contributed by atoms with Crippen molar-refractivity contribution in [1.29, 1.82) is 0 Å². The van der Waals surface area contributed by atoms with Gasteiger partial charge in [-0.2, -0.15) is 0 Å². The molecule has 5 heteroatoms. The van der Waals surface area contributed by atoms with Crippen LogP contribution in [0.25, 0.3) is 0 Å². The number of hydrogen-bond acceptors (Lipinski definition) is 4. The molecule has 0 bridgehead atoms. The highest BCUT2D eigenvalue weighted by molar-refractivity contribution is 5.89. The molecule has 26 heavy (non-hydrogen) atoms. The van der Waals surface area contributed by atoms with Gasteiger partial charge in [0.1, 0.15) is 0 Å². The van der Waals surface area contributed by atoms with E-state index in [0.29, 0.717) is 18.7 Å². The van der Waals surface area contributed by atoms with E-state index in [2.05, 4.69) is 40.1 Å². The molecule has 1 aliphatic heterocycles. The fraction of sp³-hybridized carbons (Fsp3) is 0.333. The molecule has 0 radical (unpaired) electrons. The van der Waals surface area contributed by atoms with Gasteiger partial charge in [-0.25, -0.2) is 4.79 Å². The molecule has 2 aromatic rings. The molecule has 1 heterocycles. The minimum absolute atomic E-state index is 0.00419. The third kappa shape index (κ3) is 4.23. The number of nitrogens with one attached hydrogen (secondary N) is 1. The minimum Gasteiger partial charge on any atom is -0.465 e. The summed E-state index contributed by atoms with van der Waals surface area (Å²) in [5.41, 5.74) is 5.19.